The highest BCUT2D eigenvalue weighted by Gasteiger charge is 1.83. The van der Waals surface area contributed by atoms with Gasteiger partial charge in [0.2, 0.25) is 0 Å². The topological polar surface area (TPSA) is 0 Å². The molecule has 2 heteroatoms. The van der Waals surface area contributed by atoms with Crippen LogP contribution in [-0.2, 0) is 0 Å². The summed E-state index contributed by atoms with van der Waals surface area (Å²) in [6.45, 7) is 0. The first-order valence-electron chi connectivity index (χ1n) is 2.23. The summed E-state index contributed by atoms with van der Waals surface area (Å²) in [5.41, 5.74) is 0. The summed E-state index contributed by atoms with van der Waals surface area (Å²) in [6, 6.07) is 7.32. The first kappa shape index (κ1) is 5.79. The fourth-order valence-electron chi connectivity index (χ4n) is 0.440. The molecule has 0 aliphatic heterocycles. The molecule has 1 rings (SSSR count). The van der Waals surface area contributed by atoms with Crippen LogP contribution in [0.1, 0.15) is 0 Å². The van der Waals surface area contributed by atoms with Crippen molar-refractivity contribution in [3.63, 3.8) is 0 Å². The van der Waals surface area contributed by atoms with E-state index < -0.39 is 0 Å². The first-order chi connectivity index (χ1) is 3.79. The SMILES string of the molecule is [S]c1ccc([S])cc1. The molecule has 0 aliphatic carbocycles. The number of rotatable bonds is 0. The Morgan fingerprint density at radius 2 is 1.00 bits per heavy atom. The van der Waals surface area contributed by atoms with Crippen molar-refractivity contribution in [1.29, 1.82) is 0 Å². The van der Waals surface area contributed by atoms with Crippen LogP contribution in [0.2, 0.25) is 0 Å². The summed E-state index contributed by atoms with van der Waals surface area (Å²) < 4.78 is 0. The lowest BCUT2D eigenvalue weighted by atomic mass is 10.4. The molecule has 8 heavy (non-hydrogen) atoms. The summed E-state index contributed by atoms with van der Waals surface area (Å²) in [4.78, 5) is 1.69. The average Bonchev–Trinajstić information content (AvgIpc) is 1.77. The van der Waals surface area contributed by atoms with E-state index in [1.54, 1.807) is 0 Å². The van der Waals surface area contributed by atoms with E-state index in [4.69, 9.17) is 25.3 Å². The van der Waals surface area contributed by atoms with Crippen molar-refractivity contribution >= 4 is 25.3 Å². The van der Waals surface area contributed by atoms with Crippen molar-refractivity contribution in [2.24, 2.45) is 0 Å². The van der Waals surface area contributed by atoms with Crippen LogP contribution in [0.5, 0.6) is 0 Å². The van der Waals surface area contributed by atoms with Crippen molar-refractivity contribution in [2.75, 3.05) is 0 Å². The molecule has 0 nitrogen and oxygen atoms in total. The van der Waals surface area contributed by atoms with E-state index in [-0.39, 0.29) is 0 Å². The fourth-order valence-corrected chi connectivity index (χ4v) is 0.712. The highest BCUT2D eigenvalue weighted by atomic mass is 32.1. The summed E-state index contributed by atoms with van der Waals surface area (Å²) in [6.07, 6.45) is 0. The molecular formula is C6H4S2. The second-order valence-electron chi connectivity index (χ2n) is 1.47. The van der Waals surface area contributed by atoms with Crippen molar-refractivity contribution in [2.45, 2.75) is 9.79 Å². The third-order valence-corrected chi connectivity index (χ3v) is 1.37. The Morgan fingerprint density at radius 3 is 1.25 bits per heavy atom. The van der Waals surface area contributed by atoms with E-state index in [1.165, 1.54) is 0 Å². The van der Waals surface area contributed by atoms with Gasteiger partial charge in [0, 0.05) is 9.79 Å². The molecule has 0 bridgehead atoms. The summed E-state index contributed by atoms with van der Waals surface area (Å²) in [7, 11) is 0. The maximum absolute atomic E-state index is 4.83. The van der Waals surface area contributed by atoms with Gasteiger partial charge < -0.3 is 0 Å². The Hall–Kier alpha value is -0.340. The van der Waals surface area contributed by atoms with Crippen LogP contribution < -0.4 is 0 Å². The lowest BCUT2D eigenvalue weighted by Gasteiger charge is -1.86. The van der Waals surface area contributed by atoms with E-state index in [0.29, 0.717) is 0 Å². The van der Waals surface area contributed by atoms with Crippen molar-refractivity contribution in [3.8, 4) is 0 Å². The Balaban J connectivity index is 3.03. The molecule has 0 heterocycles. The van der Waals surface area contributed by atoms with Crippen molar-refractivity contribution < 1.29 is 0 Å². The standard InChI is InChI=1S/C6H4S2/c7-5-1-2-6(8)4-3-5/h1-4H. The minimum Gasteiger partial charge on any atom is -0.0801 e. The van der Waals surface area contributed by atoms with E-state index in [9.17, 15) is 0 Å². The number of hydrogen-bond acceptors (Lipinski definition) is 0. The zero-order valence-corrected chi connectivity index (χ0v) is 5.76. The Bertz CT molecular complexity index is 145. The van der Waals surface area contributed by atoms with Crippen LogP contribution in [0.25, 0.3) is 0 Å². The molecule has 0 saturated carbocycles. The third-order valence-electron chi connectivity index (χ3n) is 0.824. The van der Waals surface area contributed by atoms with E-state index in [0.717, 1.165) is 9.79 Å². The number of hydrogen-bond donors (Lipinski definition) is 0. The molecule has 1 aromatic rings. The summed E-state index contributed by atoms with van der Waals surface area (Å²) >= 11 is 9.65. The Morgan fingerprint density at radius 1 is 0.750 bits per heavy atom. The molecular weight excluding hydrogens is 136 g/mol. The van der Waals surface area contributed by atoms with Gasteiger partial charge in [0.1, 0.15) is 0 Å². The quantitative estimate of drug-likeness (QED) is 0.520. The third kappa shape index (κ3) is 1.32. The molecule has 0 N–H and O–H groups in total. The van der Waals surface area contributed by atoms with Crippen LogP contribution in [0.4, 0.5) is 0 Å². The lowest BCUT2D eigenvalue weighted by Crippen LogP contribution is -1.63. The van der Waals surface area contributed by atoms with E-state index in [2.05, 4.69) is 0 Å². The maximum Gasteiger partial charge on any atom is 0.0378 e. The van der Waals surface area contributed by atoms with Crippen LogP contribution in [0.3, 0.4) is 0 Å². The molecule has 0 amide bonds. The maximum atomic E-state index is 4.83. The molecule has 1 aromatic carbocycles. The minimum absolute atomic E-state index is 0.846. The molecule has 0 fully saturated rings. The van der Waals surface area contributed by atoms with Gasteiger partial charge in [-0.2, -0.15) is 0 Å². The van der Waals surface area contributed by atoms with Gasteiger partial charge in [-0.15, -0.1) is 0 Å². The summed E-state index contributed by atoms with van der Waals surface area (Å²) in [5, 5.41) is 0. The van der Waals surface area contributed by atoms with E-state index >= 15 is 0 Å². The smallest absolute Gasteiger partial charge is 0.0378 e. The molecule has 0 aliphatic rings. The van der Waals surface area contributed by atoms with Crippen LogP contribution in [0, 0.1) is 0 Å². The highest BCUT2D eigenvalue weighted by molar-refractivity contribution is 7.80. The predicted octanol–water partition coefficient (Wildman–Crippen LogP) is 2.80. The van der Waals surface area contributed by atoms with Gasteiger partial charge in [-0.25, -0.2) is 0 Å². The monoisotopic (exact) mass is 140 g/mol. The summed E-state index contributed by atoms with van der Waals surface area (Å²) in [5.74, 6) is 0. The van der Waals surface area contributed by atoms with Crippen LogP contribution in [-0.4, -0.2) is 0 Å². The molecule has 40 valence electrons. The Labute approximate surface area is 59.7 Å². The molecule has 0 spiro atoms. The van der Waals surface area contributed by atoms with Gasteiger partial charge in [0.25, 0.3) is 0 Å². The number of benzene rings is 1. The largest absolute Gasteiger partial charge is 0.0801 e. The van der Waals surface area contributed by atoms with Gasteiger partial charge in [-0.05, 0) is 24.3 Å². The average molecular weight is 140 g/mol. The molecule has 0 saturated heterocycles. The van der Waals surface area contributed by atoms with Gasteiger partial charge in [0.05, 0.1) is 0 Å². The fraction of sp³-hybridized carbons (Fsp3) is 0. The van der Waals surface area contributed by atoms with Crippen molar-refractivity contribution in [1.82, 2.24) is 0 Å². The van der Waals surface area contributed by atoms with Gasteiger partial charge in [0.15, 0.2) is 0 Å². The van der Waals surface area contributed by atoms with Crippen molar-refractivity contribution in [3.05, 3.63) is 24.3 Å². The molecule has 0 atom stereocenters. The van der Waals surface area contributed by atoms with Gasteiger partial charge in [-0.1, -0.05) is 25.3 Å². The van der Waals surface area contributed by atoms with Crippen LogP contribution in [0.15, 0.2) is 34.1 Å². The predicted molar refractivity (Wildman–Crippen MR) is 38.2 cm³/mol. The van der Waals surface area contributed by atoms with Gasteiger partial charge in [-0.3, -0.25) is 0 Å². The second kappa shape index (κ2) is 2.29. The highest BCUT2D eigenvalue weighted by Crippen LogP contribution is 2.09. The lowest BCUT2D eigenvalue weighted by molar-refractivity contribution is 1.37. The molecule has 0 unspecified atom stereocenters. The van der Waals surface area contributed by atoms with Gasteiger partial charge >= 0.3 is 0 Å². The molecule has 0 aromatic heterocycles. The minimum atomic E-state index is 0.846. The second-order valence-corrected chi connectivity index (χ2v) is 2.41. The van der Waals surface area contributed by atoms with E-state index in [1.807, 2.05) is 24.3 Å². The zero-order chi connectivity index (χ0) is 5.98. The normalized spacial score (nSPS) is 9.00. The first-order valence-corrected chi connectivity index (χ1v) is 3.05. The Kier molecular flexibility index (Phi) is 1.65. The van der Waals surface area contributed by atoms with Crippen LogP contribution >= 0.6 is 25.3 Å². The molecule has 2 radical (unpaired) electrons. The zero-order valence-electron chi connectivity index (χ0n) is 4.13.